The van der Waals surface area contributed by atoms with Crippen LogP contribution in [-0.2, 0) is 17.1 Å². The number of rotatable bonds is 9. The second-order valence-corrected chi connectivity index (χ2v) is 12.1. The number of hydrogen-bond donors (Lipinski definition) is 1. The van der Waals surface area contributed by atoms with Crippen LogP contribution in [-0.4, -0.2) is 50.9 Å². The summed E-state index contributed by atoms with van der Waals surface area (Å²) in [4.78, 5) is 26.3. The number of non-ortho nitro benzene ring substituents is 1. The molecule has 0 spiro atoms. The van der Waals surface area contributed by atoms with Crippen molar-refractivity contribution >= 4 is 45.1 Å². The van der Waals surface area contributed by atoms with Crippen LogP contribution in [0.5, 0.6) is 0 Å². The molecule has 1 fully saturated rings. The first kappa shape index (κ1) is 28.2. The maximum atomic E-state index is 13.6. The van der Waals surface area contributed by atoms with Crippen LogP contribution in [0.25, 0.3) is 0 Å². The number of benzene rings is 2. The van der Waals surface area contributed by atoms with E-state index in [-0.39, 0.29) is 33.9 Å². The van der Waals surface area contributed by atoms with Crippen molar-refractivity contribution in [1.29, 1.82) is 0 Å². The zero-order valence-electron chi connectivity index (χ0n) is 21.4. The molecule has 3 aromatic rings. The molecule has 15 heteroatoms. The fraction of sp³-hybridized carbons (Fsp3) is 0.333. The Morgan fingerprint density at radius 1 is 1.15 bits per heavy atom. The largest absolute Gasteiger partial charge is 0.329 e. The standard InChI is InChI=1S/C24H27N7O6S2/c1-16-5-4-11-29(17(16)2)39(36,37)23-14-19(30(32)33)7-8-20(23)27-26-15-18-6-9-22(21(13-18)31(34)35)38-24-25-10-12-28(24)3/h6-10,12-17,27H,4-5,11H2,1-3H3/b26-15-/t16-,17+/m1/s1. The first-order valence-corrected chi connectivity index (χ1v) is 14.3. The lowest BCUT2D eigenvalue weighted by molar-refractivity contribution is -0.387. The summed E-state index contributed by atoms with van der Waals surface area (Å²) >= 11 is 1.15. The fourth-order valence-electron chi connectivity index (χ4n) is 4.26. The Morgan fingerprint density at radius 3 is 2.59 bits per heavy atom. The lowest BCUT2D eigenvalue weighted by Gasteiger charge is -2.37. The van der Waals surface area contributed by atoms with Crippen LogP contribution < -0.4 is 5.43 Å². The van der Waals surface area contributed by atoms with E-state index in [2.05, 4.69) is 15.5 Å². The molecule has 0 radical (unpaired) electrons. The normalized spacial score (nSPS) is 18.3. The van der Waals surface area contributed by atoms with Crippen molar-refractivity contribution in [2.45, 2.75) is 47.7 Å². The zero-order chi connectivity index (χ0) is 28.3. The molecule has 206 valence electrons. The third kappa shape index (κ3) is 6.10. The topological polar surface area (TPSA) is 166 Å². The molecule has 1 saturated heterocycles. The number of anilines is 1. The number of aryl methyl sites for hydroxylation is 1. The van der Waals surface area contributed by atoms with Crippen molar-refractivity contribution in [3.8, 4) is 0 Å². The molecule has 0 unspecified atom stereocenters. The summed E-state index contributed by atoms with van der Waals surface area (Å²) in [5.41, 5.74) is 2.60. The number of piperidine rings is 1. The first-order chi connectivity index (χ1) is 18.5. The van der Waals surface area contributed by atoms with Gasteiger partial charge >= 0.3 is 0 Å². The van der Waals surface area contributed by atoms with Gasteiger partial charge in [0.1, 0.15) is 4.90 Å². The molecule has 0 amide bonds. The smallest absolute Gasteiger partial charge is 0.283 e. The van der Waals surface area contributed by atoms with E-state index in [1.165, 1.54) is 28.7 Å². The SMILES string of the molecule is C[C@@H]1CCCN(S(=O)(=O)c2cc([N+](=O)[O-])ccc2N/N=C\c2ccc(Sc3nccn3C)c([N+](=O)[O-])c2)[C@H]1C. The Bertz CT molecular complexity index is 1540. The number of aromatic nitrogens is 2. The molecule has 0 aliphatic carbocycles. The van der Waals surface area contributed by atoms with Gasteiger partial charge in [0.15, 0.2) is 5.16 Å². The Kier molecular flexibility index (Phi) is 8.32. The highest BCUT2D eigenvalue weighted by Gasteiger charge is 2.36. The van der Waals surface area contributed by atoms with Gasteiger partial charge in [0.25, 0.3) is 11.4 Å². The van der Waals surface area contributed by atoms with Gasteiger partial charge in [-0.3, -0.25) is 25.7 Å². The van der Waals surface area contributed by atoms with Gasteiger partial charge < -0.3 is 4.57 Å². The molecule has 39 heavy (non-hydrogen) atoms. The average Bonchev–Trinajstić information content (AvgIpc) is 3.30. The number of imidazole rings is 1. The van der Waals surface area contributed by atoms with Crippen LogP contribution in [0.1, 0.15) is 32.3 Å². The summed E-state index contributed by atoms with van der Waals surface area (Å²) < 4.78 is 30.3. The van der Waals surface area contributed by atoms with Gasteiger partial charge in [-0.1, -0.05) is 13.0 Å². The number of hydrazone groups is 1. The third-order valence-corrected chi connectivity index (χ3v) is 9.80. The first-order valence-electron chi connectivity index (χ1n) is 12.0. The van der Waals surface area contributed by atoms with Crippen molar-refractivity contribution < 1.29 is 18.3 Å². The predicted octanol–water partition coefficient (Wildman–Crippen LogP) is 4.64. The summed E-state index contributed by atoms with van der Waals surface area (Å²) in [6, 6.07) is 7.78. The van der Waals surface area contributed by atoms with Gasteiger partial charge in [-0.2, -0.15) is 9.41 Å². The van der Waals surface area contributed by atoms with Crippen LogP contribution in [0.4, 0.5) is 17.1 Å². The van der Waals surface area contributed by atoms with Gasteiger partial charge in [0.2, 0.25) is 10.0 Å². The number of sulfonamides is 1. The molecular formula is C24H27N7O6S2. The van der Waals surface area contributed by atoms with E-state index in [0.29, 0.717) is 28.6 Å². The van der Waals surface area contributed by atoms with E-state index in [0.717, 1.165) is 24.2 Å². The summed E-state index contributed by atoms with van der Waals surface area (Å²) in [5, 5.41) is 27.8. The van der Waals surface area contributed by atoms with Crippen molar-refractivity contribution in [3.05, 3.63) is 74.6 Å². The Morgan fingerprint density at radius 2 is 1.92 bits per heavy atom. The molecule has 1 N–H and O–H groups in total. The summed E-state index contributed by atoms with van der Waals surface area (Å²) in [7, 11) is -2.30. The molecule has 13 nitrogen and oxygen atoms in total. The Balaban J connectivity index is 1.62. The van der Waals surface area contributed by atoms with Crippen molar-refractivity contribution in [2.75, 3.05) is 12.0 Å². The molecular weight excluding hydrogens is 546 g/mol. The molecule has 0 bridgehead atoms. The van der Waals surface area contributed by atoms with E-state index in [4.69, 9.17) is 0 Å². The fourth-order valence-corrected chi connectivity index (χ4v) is 7.08. The highest BCUT2D eigenvalue weighted by Crippen LogP contribution is 2.35. The van der Waals surface area contributed by atoms with Gasteiger partial charge in [-0.05, 0) is 49.6 Å². The van der Waals surface area contributed by atoms with E-state index in [1.54, 1.807) is 36.1 Å². The minimum absolute atomic E-state index is 0.0544. The van der Waals surface area contributed by atoms with Crippen molar-refractivity contribution in [2.24, 2.45) is 18.1 Å². The molecule has 2 heterocycles. The Labute approximate surface area is 229 Å². The lowest BCUT2D eigenvalue weighted by Crippen LogP contribution is -2.46. The lowest BCUT2D eigenvalue weighted by atomic mass is 9.94. The van der Waals surface area contributed by atoms with E-state index < -0.39 is 19.9 Å². The van der Waals surface area contributed by atoms with Gasteiger partial charge in [-0.15, -0.1) is 0 Å². The number of nitrogens with one attached hydrogen (secondary N) is 1. The number of hydrogen-bond acceptors (Lipinski definition) is 10. The van der Waals surface area contributed by atoms with E-state index >= 15 is 0 Å². The van der Waals surface area contributed by atoms with Gasteiger partial charge in [-0.25, -0.2) is 13.4 Å². The number of nitro benzene ring substituents is 2. The second kappa shape index (κ2) is 11.5. The van der Waals surface area contributed by atoms with Crippen LogP contribution in [0.3, 0.4) is 0 Å². The van der Waals surface area contributed by atoms with Crippen molar-refractivity contribution in [1.82, 2.24) is 13.9 Å². The molecule has 1 aliphatic heterocycles. The number of nitrogens with zero attached hydrogens (tertiary/aromatic N) is 6. The number of nitro groups is 2. The monoisotopic (exact) mass is 573 g/mol. The van der Waals surface area contributed by atoms with Crippen LogP contribution in [0.2, 0.25) is 0 Å². The summed E-state index contributed by atoms with van der Waals surface area (Å²) in [5.74, 6) is 0.135. The summed E-state index contributed by atoms with van der Waals surface area (Å²) in [6.45, 7) is 4.11. The molecule has 1 aromatic heterocycles. The van der Waals surface area contributed by atoms with Gasteiger partial charge in [0.05, 0.1) is 26.6 Å². The van der Waals surface area contributed by atoms with Crippen LogP contribution >= 0.6 is 11.8 Å². The third-order valence-electron chi connectivity index (χ3n) is 6.63. The van der Waals surface area contributed by atoms with E-state index in [9.17, 15) is 28.6 Å². The highest BCUT2D eigenvalue weighted by atomic mass is 32.2. The quantitative estimate of drug-likeness (QED) is 0.218. The molecule has 2 atom stereocenters. The highest BCUT2D eigenvalue weighted by molar-refractivity contribution is 7.99. The molecule has 0 saturated carbocycles. The summed E-state index contributed by atoms with van der Waals surface area (Å²) in [6.07, 6.45) is 6.22. The maximum Gasteiger partial charge on any atom is 0.283 e. The molecule has 4 rings (SSSR count). The second-order valence-electron chi connectivity index (χ2n) is 9.19. The van der Waals surface area contributed by atoms with E-state index in [1.807, 2.05) is 13.8 Å². The van der Waals surface area contributed by atoms with Crippen LogP contribution in [0.15, 0.2) is 68.8 Å². The Hall–Kier alpha value is -3.82. The minimum Gasteiger partial charge on any atom is -0.329 e. The van der Waals surface area contributed by atoms with Gasteiger partial charge in [0, 0.05) is 55.8 Å². The minimum atomic E-state index is -4.09. The molecule has 1 aliphatic rings. The average molecular weight is 574 g/mol. The molecule has 2 aromatic carbocycles. The van der Waals surface area contributed by atoms with Crippen molar-refractivity contribution in [3.63, 3.8) is 0 Å². The maximum absolute atomic E-state index is 13.6. The zero-order valence-corrected chi connectivity index (χ0v) is 23.1. The predicted molar refractivity (Wildman–Crippen MR) is 146 cm³/mol. The van der Waals surface area contributed by atoms with Crippen LogP contribution in [0, 0.1) is 26.1 Å².